The molecule has 33 heavy (non-hydrogen) atoms. The van der Waals surface area contributed by atoms with Crippen molar-refractivity contribution in [2.75, 3.05) is 18.8 Å². The van der Waals surface area contributed by atoms with Gasteiger partial charge in [-0.3, -0.25) is 9.89 Å². The zero-order valence-electron chi connectivity index (χ0n) is 18.9. The minimum absolute atomic E-state index is 0.0227. The number of H-pyrrole nitrogens is 1. The van der Waals surface area contributed by atoms with E-state index in [1.807, 2.05) is 5.10 Å². The molecule has 0 aromatic carbocycles. The van der Waals surface area contributed by atoms with E-state index in [1.165, 1.54) is 4.90 Å². The summed E-state index contributed by atoms with van der Waals surface area (Å²) in [6.07, 6.45) is 5.21. The number of aromatic amines is 1. The van der Waals surface area contributed by atoms with Gasteiger partial charge < -0.3 is 4.90 Å². The maximum absolute atomic E-state index is 13.0. The first-order chi connectivity index (χ1) is 15.3. The van der Waals surface area contributed by atoms with Gasteiger partial charge in [0.25, 0.3) is 5.91 Å². The molecule has 2 rings (SSSR count). The summed E-state index contributed by atoms with van der Waals surface area (Å²) in [6.45, 7) is 11.0. The minimum Gasteiger partial charge on any atom is -0.333 e. The van der Waals surface area contributed by atoms with Crippen LogP contribution in [0.25, 0.3) is 0 Å². The van der Waals surface area contributed by atoms with Crippen molar-refractivity contribution in [2.45, 2.75) is 44.0 Å². The van der Waals surface area contributed by atoms with Gasteiger partial charge in [-0.2, -0.15) is 18.3 Å². The number of hydrogen-bond donors (Lipinski definition) is 1. The summed E-state index contributed by atoms with van der Waals surface area (Å²) in [7, 11) is -3.28. The molecule has 0 bridgehead atoms. The van der Waals surface area contributed by atoms with Crippen LogP contribution in [0, 0.1) is 5.92 Å². The number of sulfone groups is 1. The average Bonchev–Trinajstić information content (AvgIpc) is 3.23. The lowest BCUT2D eigenvalue weighted by atomic mass is 9.95. The predicted molar refractivity (Wildman–Crippen MR) is 122 cm³/mol. The summed E-state index contributed by atoms with van der Waals surface area (Å²) in [4.78, 5) is 14.4. The normalized spacial score (nSPS) is 20.5. The van der Waals surface area contributed by atoms with E-state index in [2.05, 4.69) is 18.3 Å². The molecular weight excluding hydrogens is 455 g/mol. The first-order valence-corrected chi connectivity index (χ1v) is 12.2. The van der Waals surface area contributed by atoms with Crippen LogP contribution in [0.1, 0.15) is 49.3 Å². The predicted octanol–water partition coefficient (Wildman–Crippen LogP) is 4.72. The third kappa shape index (κ3) is 6.93. The van der Waals surface area contributed by atoms with Crippen molar-refractivity contribution in [3.05, 3.63) is 66.6 Å². The molecule has 6 nitrogen and oxygen atoms in total. The van der Waals surface area contributed by atoms with Crippen LogP contribution >= 0.6 is 0 Å². The summed E-state index contributed by atoms with van der Waals surface area (Å²) in [5, 5.41) is 5.40. The molecule has 1 aliphatic heterocycles. The third-order valence-corrected chi connectivity index (χ3v) is 8.64. The van der Waals surface area contributed by atoms with Crippen LogP contribution in [-0.4, -0.2) is 53.0 Å². The van der Waals surface area contributed by atoms with Crippen molar-refractivity contribution in [2.24, 2.45) is 5.92 Å². The molecule has 1 amide bonds. The van der Waals surface area contributed by atoms with E-state index in [9.17, 15) is 26.4 Å². The second-order valence-electron chi connectivity index (χ2n) is 8.69. The highest BCUT2D eigenvalue weighted by Gasteiger charge is 2.40. The number of nitrogens with zero attached hydrogens (tertiary/aromatic N) is 2. The highest BCUT2D eigenvalue weighted by atomic mass is 32.2. The van der Waals surface area contributed by atoms with Gasteiger partial charge >= 0.3 is 6.18 Å². The van der Waals surface area contributed by atoms with Crippen LogP contribution < -0.4 is 0 Å². The lowest BCUT2D eigenvalue weighted by molar-refractivity contribution is -0.141. The van der Waals surface area contributed by atoms with Crippen LogP contribution in [0.5, 0.6) is 0 Å². The third-order valence-electron chi connectivity index (χ3n) is 5.84. The molecule has 1 saturated heterocycles. The van der Waals surface area contributed by atoms with Crippen LogP contribution in [0.4, 0.5) is 13.2 Å². The highest BCUT2D eigenvalue weighted by molar-refractivity contribution is 7.92. The van der Waals surface area contributed by atoms with E-state index < -0.39 is 32.4 Å². The van der Waals surface area contributed by atoms with Crippen molar-refractivity contribution >= 4 is 15.7 Å². The topological polar surface area (TPSA) is 83.1 Å². The molecule has 1 fully saturated rings. The van der Waals surface area contributed by atoms with Gasteiger partial charge in [0.2, 0.25) is 0 Å². The Hall–Kier alpha value is -2.62. The minimum atomic E-state index is -4.65. The Morgan fingerprint density at radius 2 is 2.03 bits per heavy atom. The Bertz CT molecular complexity index is 1040. The second kappa shape index (κ2) is 10.5. The maximum atomic E-state index is 13.0. The number of carbonyl (C=O) groups is 1. The molecule has 1 atom stereocenters. The SMILES string of the molecule is C=C/C=C\C=C(/C=C)CN(CCC1CCC(C)(C)S(=O)(=O)C1)C(=O)c1cc(C(F)(F)F)[nH]n1. The van der Waals surface area contributed by atoms with Crippen molar-refractivity contribution in [3.63, 3.8) is 0 Å². The average molecular weight is 486 g/mol. The molecule has 1 N–H and O–H groups in total. The van der Waals surface area contributed by atoms with E-state index >= 15 is 0 Å². The number of carbonyl (C=O) groups excluding carboxylic acids is 1. The number of nitrogens with one attached hydrogen (secondary N) is 1. The van der Waals surface area contributed by atoms with Crippen LogP contribution in [0.3, 0.4) is 0 Å². The lowest BCUT2D eigenvalue weighted by Crippen LogP contribution is -2.42. The van der Waals surface area contributed by atoms with Gasteiger partial charge in [0, 0.05) is 19.2 Å². The summed E-state index contributed by atoms with van der Waals surface area (Å²) < 4.78 is 63.1. The van der Waals surface area contributed by atoms with Crippen molar-refractivity contribution in [1.82, 2.24) is 15.1 Å². The largest absolute Gasteiger partial charge is 0.432 e. The van der Waals surface area contributed by atoms with Gasteiger partial charge in [-0.25, -0.2) is 8.42 Å². The Balaban J connectivity index is 2.23. The summed E-state index contributed by atoms with van der Waals surface area (Å²) in [5.41, 5.74) is -0.810. The van der Waals surface area contributed by atoms with E-state index in [-0.39, 0.29) is 30.5 Å². The molecule has 1 aliphatic rings. The standard InChI is InChI=1S/C23H30F3N3O3S/c1-5-7-8-9-17(6-2)15-29(21(30)19-14-20(28-27-19)23(24,25)26)13-11-18-10-12-22(3,4)33(31,32)16-18/h5-9,14,18H,1-2,10-13,15-16H2,3-4H3,(H,27,28)/b8-7-,17-9+. The smallest absolute Gasteiger partial charge is 0.333 e. The van der Waals surface area contributed by atoms with Crippen molar-refractivity contribution < 1.29 is 26.4 Å². The molecule has 0 radical (unpaired) electrons. The number of halogens is 3. The van der Waals surface area contributed by atoms with Gasteiger partial charge in [-0.15, -0.1) is 0 Å². The summed E-state index contributed by atoms with van der Waals surface area (Å²) in [6, 6.07) is 0.678. The lowest BCUT2D eigenvalue weighted by Gasteiger charge is -2.35. The van der Waals surface area contributed by atoms with Gasteiger partial charge in [-0.05, 0) is 44.6 Å². The molecule has 1 aromatic heterocycles. The fraction of sp³-hybridized carbons (Fsp3) is 0.478. The van der Waals surface area contributed by atoms with Crippen molar-refractivity contribution in [3.8, 4) is 0 Å². The van der Waals surface area contributed by atoms with E-state index in [4.69, 9.17) is 0 Å². The Morgan fingerprint density at radius 1 is 1.33 bits per heavy atom. The molecule has 2 heterocycles. The molecule has 1 unspecified atom stereocenters. The monoisotopic (exact) mass is 485 g/mol. The van der Waals surface area contributed by atoms with E-state index in [1.54, 1.807) is 44.2 Å². The Morgan fingerprint density at radius 3 is 2.58 bits per heavy atom. The fourth-order valence-electron chi connectivity index (χ4n) is 3.55. The number of amides is 1. The first-order valence-electron chi connectivity index (χ1n) is 10.6. The quantitative estimate of drug-likeness (QED) is 0.513. The zero-order valence-corrected chi connectivity index (χ0v) is 19.7. The number of alkyl halides is 3. The Kier molecular flexibility index (Phi) is 8.51. The maximum Gasteiger partial charge on any atom is 0.432 e. The van der Waals surface area contributed by atoms with Gasteiger partial charge in [0.15, 0.2) is 15.5 Å². The van der Waals surface area contributed by atoms with E-state index in [0.717, 1.165) is 0 Å². The van der Waals surface area contributed by atoms with Gasteiger partial charge in [-0.1, -0.05) is 43.5 Å². The van der Waals surface area contributed by atoms with Crippen LogP contribution in [-0.2, 0) is 16.0 Å². The molecule has 0 spiro atoms. The zero-order chi connectivity index (χ0) is 24.9. The number of allylic oxidation sites excluding steroid dienone is 4. The molecular formula is C23H30F3N3O3S. The number of hydrogen-bond acceptors (Lipinski definition) is 4. The molecule has 0 aliphatic carbocycles. The highest BCUT2D eigenvalue weighted by Crippen LogP contribution is 2.34. The van der Waals surface area contributed by atoms with Gasteiger partial charge in [0.05, 0.1) is 10.5 Å². The molecule has 182 valence electrons. The van der Waals surface area contributed by atoms with Crippen LogP contribution in [0.15, 0.2) is 55.2 Å². The number of aromatic nitrogens is 2. The number of rotatable bonds is 9. The summed E-state index contributed by atoms with van der Waals surface area (Å²) >= 11 is 0. The summed E-state index contributed by atoms with van der Waals surface area (Å²) in [5.74, 6) is -0.796. The van der Waals surface area contributed by atoms with E-state index in [0.29, 0.717) is 30.9 Å². The fourth-order valence-corrected chi connectivity index (χ4v) is 5.38. The molecule has 10 heteroatoms. The van der Waals surface area contributed by atoms with Crippen molar-refractivity contribution in [1.29, 1.82) is 0 Å². The second-order valence-corrected chi connectivity index (χ2v) is 11.4. The molecule has 1 aromatic rings. The van der Waals surface area contributed by atoms with Gasteiger partial charge in [0.1, 0.15) is 5.69 Å². The Labute approximate surface area is 192 Å². The molecule has 0 saturated carbocycles. The first kappa shape index (κ1) is 26.6. The van der Waals surface area contributed by atoms with Crippen LogP contribution in [0.2, 0.25) is 0 Å².